The van der Waals surface area contributed by atoms with Crippen LogP contribution in [0.3, 0.4) is 0 Å². The van der Waals surface area contributed by atoms with Gasteiger partial charge in [-0.2, -0.15) is 0 Å². The number of nitrogens with zero attached hydrogens (tertiary/aromatic N) is 1. The van der Waals surface area contributed by atoms with Crippen molar-refractivity contribution < 1.29 is 9.59 Å². The number of fused-ring (bicyclic) bond motifs is 1. The maximum absolute atomic E-state index is 13.3. The van der Waals surface area contributed by atoms with Crippen LogP contribution in [0.5, 0.6) is 0 Å². The van der Waals surface area contributed by atoms with E-state index >= 15 is 0 Å². The number of carbonyl (C=O) groups excluding carboxylic acids is 2. The van der Waals surface area contributed by atoms with Crippen molar-refractivity contribution >= 4 is 34.1 Å². The average Bonchev–Trinajstić information content (AvgIpc) is 3.36. The molecule has 5 nitrogen and oxygen atoms in total. The van der Waals surface area contributed by atoms with E-state index in [1.54, 1.807) is 6.07 Å². The summed E-state index contributed by atoms with van der Waals surface area (Å²) < 4.78 is 0. The lowest BCUT2D eigenvalue weighted by Gasteiger charge is -2.24. The Labute approximate surface area is 155 Å². The summed E-state index contributed by atoms with van der Waals surface area (Å²) in [6.07, 6.45) is 2.67. The molecule has 1 saturated heterocycles. The lowest BCUT2D eigenvalue weighted by atomic mass is 10.1. The van der Waals surface area contributed by atoms with Crippen LogP contribution in [0.4, 0.5) is 0 Å². The minimum Gasteiger partial charge on any atom is -0.365 e. The molecule has 2 aromatic heterocycles. The molecule has 1 aromatic carbocycles. The Morgan fingerprint density at radius 2 is 2.08 bits per heavy atom. The number of primary amides is 1. The molecule has 0 bridgehead atoms. The van der Waals surface area contributed by atoms with Gasteiger partial charge in [-0.3, -0.25) is 9.59 Å². The predicted molar refractivity (Wildman–Crippen MR) is 104 cm³/mol. The van der Waals surface area contributed by atoms with E-state index in [1.807, 2.05) is 29.2 Å². The van der Waals surface area contributed by atoms with Gasteiger partial charge >= 0.3 is 0 Å². The smallest absolute Gasteiger partial charge is 0.271 e. The molecule has 4 rings (SSSR count). The van der Waals surface area contributed by atoms with Gasteiger partial charge in [-0.1, -0.05) is 25.1 Å². The van der Waals surface area contributed by atoms with E-state index in [0.717, 1.165) is 47.2 Å². The maximum atomic E-state index is 13.3. The van der Waals surface area contributed by atoms with Crippen LogP contribution in [0, 0.1) is 0 Å². The molecule has 2 amide bonds. The number of hydrogen-bond donors (Lipinski definition) is 2. The molecule has 0 unspecified atom stereocenters. The third kappa shape index (κ3) is 2.70. The van der Waals surface area contributed by atoms with Gasteiger partial charge in [0, 0.05) is 22.3 Å². The lowest BCUT2D eigenvalue weighted by Crippen LogP contribution is -2.31. The van der Waals surface area contributed by atoms with Gasteiger partial charge in [-0.15, -0.1) is 11.3 Å². The van der Waals surface area contributed by atoms with Crippen molar-refractivity contribution in [3.63, 3.8) is 0 Å². The first-order chi connectivity index (χ1) is 12.6. The molecule has 3 N–H and O–H groups in total. The third-order valence-corrected chi connectivity index (χ3v) is 6.29. The first-order valence-electron chi connectivity index (χ1n) is 8.90. The second-order valence-electron chi connectivity index (χ2n) is 6.60. The van der Waals surface area contributed by atoms with Crippen molar-refractivity contribution in [1.82, 2.24) is 9.88 Å². The Kier molecular flexibility index (Phi) is 4.28. The monoisotopic (exact) mass is 367 g/mol. The third-order valence-electron chi connectivity index (χ3n) is 5.09. The van der Waals surface area contributed by atoms with Crippen molar-refractivity contribution in [3.05, 3.63) is 57.4 Å². The van der Waals surface area contributed by atoms with Crippen LogP contribution in [-0.2, 0) is 6.42 Å². The molecular formula is C20H21N3O2S. The number of H-pyrrole nitrogens is 1. The number of nitrogens with one attached hydrogen (secondary N) is 1. The number of thiophene rings is 1. The van der Waals surface area contributed by atoms with Crippen LogP contribution < -0.4 is 5.73 Å². The number of aryl methyl sites for hydroxylation is 1. The van der Waals surface area contributed by atoms with Gasteiger partial charge in [0.2, 0.25) is 0 Å². The summed E-state index contributed by atoms with van der Waals surface area (Å²) in [6, 6.07) is 11.7. The SMILES string of the molecule is CCc1c(C(=O)N2CCC[C@@H]2c2ccc(C(N)=O)s2)[nH]c2ccccc12. The van der Waals surface area contributed by atoms with Gasteiger partial charge < -0.3 is 15.6 Å². The van der Waals surface area contributed by atoms with Gasteiger partial charge in [0.25, 0.3) is 11.8 Å². The Morgan fingerprint density at radius 3 is 2.81 bits per heavy atom. The van der Waals surface area contributed by atoms with Gasteiger partial charge in [0.1, 0.15) is 5.69 Å². The largest absolute Gasteiger partial charge is 0.365 e. The quantitative estimate of drug-likeness (QED) is 0.734. The Bertz CT molecular complexity index is 988. The number of aromatic nitrogens is 1. The number of hydrogen-bond acceptors (Lipinski definition) is 3. The average molecular weight is 367 g/mol. The number of nitrogens with two attached hydrogens (primary N) is 1. The minimum atomic E-state index is -0.416. The van der Waals surface area contributed by atoms with E-state index in [4.69, 9.17) is 5.73 Å². The second kappa shape index (κ2) is 6.61. The van der Waals surface area contributed by atoms with E-state index in [2.05, 4.69) is 18.0 Å². The van der Waals surface area contributed by atoms with E-state index in [0.29, 0.717) is 10.6 Å². The van der Waals surface area contributed by atoms with Crippen molar-refractivity contribution in [3.8, 4) is 0 Å². The van der Waals surface area contributed by atoms with Crippen LogP contribution in [-0.4, -0.2) is 28.2 Å². The summed E-state index contributed by atoms with van der Waals surface area (Å²) in [5, 5.41) is 1.11. The molecule has 134 valence electrons. The fraction of sp³-hybridized carbons (Fsp3) is 0.300. The Balaban J connectivity index is 1.70. The van der Waals surface area contributed by atoms with Crippen LogP contribution in [0.2, 0.25) is 0 Å². The zero-order valence-corrected chi connectivity index (χ0v) is 15.4. The van der Waals surface area contributed by atoms with Crippen LogP contribution in [0.1, 0.15) is 56.4 Å². The fourth-order valence-corrected chi connectivity index (χ4v) is 4.87. The number of para-hydroxylation sites is 1. The highest BCUT2D eigenvalue weighted by Gasteiger charge is 2.33. The molecule has 0 radical (unpaired) electrons. The summed E-state index contributed by atoms with van der Waals surface area (Å²) in [4.78, 5) is 31.5. The van der Waals surface area contributed by atoms with Crippen LogP contribution >= 0.6 is 11.3 Å². The molecule has 0 saturated carbocycles. The summed E-state index contributed by atoms with van der Waals surface area (Å²) in [7, 11) is 0. The summed E-state index contributed by atoms with van der Waals surface area (Å²) in [5.74, 6) is -0.379. The lowest BCUT2D eigenvalue weighted by molar-refractivity contribution is 0.0731. The van der Waals surface area contributed by atoms with E-state index in [1.165, 1.54) is 11.3 Å². The highest BCUT2D eigenvalue weighted by molar-refractivity contribution is 7.14. The highest BCUT2D eigenvalue weighted by atomic mass is 32.1. The van der Waals surface area contributed by atoms with E-state index < -0.39 is 5.91 Å². The molecule has 0 spiro atoms. The van der Waals surface area contributed by atoms with Gasteiger partial charge in [0.05, 0.1) is 10.9 Å². The normalized spacial score (nSPS) is 17.1. The van der Waals surface area contributed by atoms with Crippen molar-refractivity contribution in [2.45, 2.75) is 32.2 Å². The number of likely N-dealkylation sites (tertiary alicyclic amines) is 1. The van der Waals surface area contributed by atoms with Crippen LogP contribution in [0.25, 0.3) is 10.9 Å². The molecule has 3 heterocycles. The summed E-state index contributed by atoms with van der Waals surface area (Å²) in [6.45, 7) is 2.80. The summed E-state index contributed by atoms with van der Waals surface area (Å²) in [5.41, 5.74) is 8.13. The minimum absolute atomic E-state index is 0.0109. The van der Waals surface area contributed by atoms with Crippen molar-refractivity contribution in [2.24, 2.45) is 5.73 Å². The first-order valence-corrected chi connectivity index (χ1v) is 9.72. The fourth-order valence-electron chi connectivity index (χ4n) is 3.86. The van der Waals surface area contributed by atoms with Gasteiger partial charge in [0.15, 0.2) is 0 Å². The topological polar surface area (TPSA) is 79.2 Å². The van der Waals surface area contributed by atoms with Gasteiger partial charge in [-0.25, -0.2) is 0 Å². The molecule has 1 atom stereocenters. The zero-order chi connectivity index (χ0) is 18.3. The predicted octanol–water partition coefficient (Wildman–Crippen LogP) is 3.87. The standard InChI is InChI=1S/C20H21N3O2S/c1-2-12-13-6-3-4-7-14(13)22-18(12)20(25)23-11-5-8-15(23)16-9-10-17(26-16)19(21)24/h3-4,6-7,9-10,15,22H,2,5,8,11H2,1H3,(H2,21,24)/t15-/m1/s1. The second-order valence-corrected chi connectivity index (χ2v) is 7.72. The number of rotatable bonds is 4. The molecule has 1 aliphatic rings. The molecule has 1 fully saturated rings. The van der Waals surface area contributed by atoms with E-state index in [9.17, 15) is 9.59 Å². The molecule has 6 heteroatoms. The molecule has 0 aliphatic carbocycles. The molecule has 1 aliphatic heterocycles. The maximum Gasteiger partial charge on any atom is 0.271 e. The van der Waals surface area contributed by atoms with Crippen molar-refractivity contribution in [2.75, 3.05) is 6.54 Å². The van der Waals surface area contributed by atoms with Crippen LogP contribution in [0.15, 0.2) is 36.4 Å². The van der Waals surface area contributed by atoms with Crippen molar-refractivity contribution in [1.29, 1.82) is 0 Å². The van der Waals surface area contributed by atoms with E-state index in [-0.39, 0.29) is 11.9 Å². The Morgan fingerprint density at radius 1 is 1.27 bits per heavy atom. The highest BCUT2D eigenvalue weighted by Crippen LogP contribution is 2.37. The molecule has 26 heavy (non-hydrogen) atoms. The summed E-state index contributed by atoms with van der Waals surface area (Å²) >= 11 is 1.39. The Hall–Kier alpha value is -2.60. The first kappa shape index (κ1) is 16.8. The van der Waals surface area contributed by atoms with Gasteiger partial charge in [-0.05, 0) is 43.0 Å². The zero-order valence-electron chi connectivity index (χ0n) is 14.6. The number of amides is 2. The number of carbonyl (C=O) groups is 2. The number of aromatic amines is 1. The molecule has 3 aromatic rings. The molecular weight excluding hydrogens is 346 g/mol. The number of benzene rings is 1.